The van der Waals surface area contributed by atoms with Gasteiger partial charge in [-0.1, -0.05) is 20.8 Å². The summed E-state index contributed by atoms with van der Waals surface area (Å²) in [5.74, 6) is 2.69. The molecule has 1 aromatic heterocycles. The minimum Gasteiger partial charge on any atom is -0.236 e. The molecule has 0 spiro atoms. The summed E-state index contributed by atoms with van der Waals surface area (Å²) in [6, 6.07) is 1.83. The van der Waals surface area contributed by atoms with Crippen molar-refractivity contribution in [2.75, 3.05) is 17.3 Å². The minimum absolute atomic E-state index is 0.237. The van der Waals surface area contributed by atoms with E-state index in [0.29, 0.717) is 16.0 Å². The van der Waals surface area contributed by atoms with Crippen molar-refractivity contribution in [2.24, 2.45) is 4.40 Å². The Balaban J connectivity index is 3.56. The first-order valence-corrected chi connectivity index (χ1v) is 9.60. The van der Waals surface area contributed by atoms with Crippen LogP contribution in [0.25, 0.3) is 0 Å². The summed E-state index contributed by atoms with van der Waals surface area (Å²) in [7, 11) is -1.13. The zero-order valence-electron chi connectivity index (χ0n) is 11.7. The third-order valence-corrected chi connectivity index (χ3v) is 8.76. The highest BCUT2D eigenvalue weighted by Crippen LogP contribution is 2.56. The molecule has 0 N–H and O–H groups in total. The molecule has 0 aliphatic rings. The van der Waals surface area contributed by atoms with Gasteiger partial charge in [-0.15, -0.1) is 0 Å². The Bertz CT molecular complexity index is 480. The van der Waals surface area contributed by atoms with E-state index in [-0.39, 0.29) is 5.82 Å². The van der Waals surface area contributed by atoms with Crippen molar-refractivity contribution in [2.45, 2.75) is 32.6 Å². The molecule has 0 saturated heterocycles. The second-order valence-electron chi connectivity index (χ2n) is 4.20. The number of rotatable bonds is 5. The second-order valence-corrected chi connectivity index (χ2v) is 9.48. The molecule has 0 aliphatic heterocycles. The molecule has 108 valence electrons. The average molecular weight is 367 g/mol. The summed E-state index contributed by atoms with van der Waals surface area (Å²) < 4.78 is 19.2. The van der Waals surface area contributed by atoms with Crippen LogP contribution < -0.4 is 0 Å². The highest BCUT2D eigenvalue weighted by Gasteiger charge is 2.27. The lowest BCUT2D eigenvalue weighted by molar-refractivity contribution is 0.589. The number of hydrogen-bond donors (Lipinski definition) is 1. The van der Waals surface area contributed by atoms with E-state index in [0.717, 1.165) is 22.2 Å². The molecule has 0 atom stereocenters. The molecule has 1 aromatic rings. The van der Waals surface area contributed by atoms with Gasteiger partial charge in [0.1, 0.15) is 10.3 Å². The summed E-state index contributed by atoms with van der Waals surface area (Å²) >= 11 is 7.24. The standard InChI is InChI=1S/C13H20BrFN2S2/c1-5-19(6-2,7-3)10-8-11(14)16-13(12(10)15)9(4)17-18/h8,18H,5-7H2,1-4H3. The molecule has 0 bridgehead atoms. The van der Waals surface area contributed by atoms with Gasteiger partial charge in [0.25, 0.3) is 0 Å². The van der Waals surface area contributed by atoms with Crippen LogP contribution in [0.2, 0.25) is 0 Å². The smallest absolute Gasteiger partial charge is 0.162 e. The van der Waals surface area contributed by atoms with Crippen LogP contribution >= 0.6 is 38.8 Å². The molecule has 1 heterocycles. The highest BCUT2D eigenvalue weighted by atomic mass is 79.9. The zero-order chi connectivity index (χ0) is 14.6. The third kappa shape index (κ3) is 3.34. The van der Waals surface area contributed by atoms with E-state index in [1.807, 2.05) is 6.07 Å². The summed E-state index contributed by atoms with van der Waals surface area (Å²) in [4.78, 5) is 5.00. The first-order valence-electron chi connectivity index (χ1n) is 6.27. The van der Waals surface area contributed by atoms with E-state index in [1.165, 1.54) is 0 Å². The van der Waals surface area contributed by atoms with E-state index >= 15 is 0 Å². The summed E-state index contributed by atoms with van der Waals surface area (Å²) in [6.45, 7) is 8.12. The number of thiol groups is 1. The van der Waals surface area contributed by atoms with Crippen molar-refractivity contribution < 1.29 is 4.39 Å². The van der Waals surface area contributed by atoms with E-state index in [9.17, 15) is 4.39 Å². The predicted molar refractivity (Wildman–Crippen MR) is 90.6 cm³/mol. The van der Waals surface area contributed by atoms with Gasteiger partial charge in [-0.3, -0.25) is 0 Å². The molecule has 1 rings (SSSR count). The highest BCUT2D eigenvalue weighted by molar-refractivity contribution is 9.10. The molecule has 0 radical (unpaired) electrons. The van der Waals surface area contributed by atoms with Crippen molar-refractivity contribution in [1.29, 1.82) is 0 Å². The number of halogens is 2. The molecule has 2 nitrogen and oxygen atoms in total. The molecule has 0 aromatic carbocycles. The minimum atomic E-state index is -1.13. The van der Waals surface area contributed by atoms with Crippen molar-refractivity contribution in [1.82, 2.24) is 4.98 Å². The van der Waals surface area contributed by atoms with Crippen LogP contribution in [0.5, 0.6) is 0 Å². The van der Waals surface area contributed by atoms with Gasteiger partial charge < -0.3 is 0 Å². The Kier molecular flexibility index (Phi) is 6.33. The molecule has 0 unspecified atom stereocenters. The van der Waals surface area contributed by atoms with Gasteiger partial charge in [-0.05, 0) is 59.0 Å². The molecular formula is C13H20BrFN2S2. The van der Waals surface area contributed by atoms with Gasteiger partial charge in [-0.25, -0.2) is 23.8 Å². The molecule has 0 fully saturated rings. The normalized spacial score (nSPS) is 13.7. The molecular weight excluding hydrogens is 347 g/mol. The number of aromatic nitrogens is 1. The average Bonchev–Trinajstić information content (AvgIpc) is 2.43. The van der Waals surface area contributed by atoms with Crippen LogP contribution in [0.1, 0.15) is 33.4 Å². The second kappa shape index (κ2) is 7.09. The molecule has 19 heavy (non-hydrogen) atoms. The van der Waals surface area contributed by atoms with E-state index in [1.54, 1.807) is 6.92 Å². The third-order valence-electron chi connectivity index (χ3n) is 3.51. The lowest BCUT2D eigenvalue weighted by Crippen LogP contribution is -2.14. The Labute approximate surface area is 130 Å². The van der Waals surface area contributed by atoms with E-state index in [4.69, 9.17) is 0 Å². The van der Waals surface area contributed by atoms with Crippen LogP contribution in [0.4, 0.5) is 4.39 Å². The Morgan fingerprint density at radius 3 is 2.32 bits per heavy atom. The fourth-order valence-corrected chi connectivity index (χ4v) is 5.81. The number of hydrogen-bond acceptors (Lipinski definition) is 3. The lowest BCUT2D eigenvalue weighted by Gasteiger charge is -2.38. The van der Waals surface area contributed by atoms with E-state index in [2.05, 4.69) is 58.9 Å². The summed E-state index contributed by atoms with van der Waals surface area (Å²) in [5.41, 5.74) is 0.798. The van der Waals surface area contributed by atoms with Gasteiger partial charge in [0, 0.05) is 4.90 Å². The number of nitrogens with zero attached hydrogens (tertiary/aromatic N) is 2. The van der Waals surface area contributed by atoms with Crippen LogP contribution in [-0.2, 0) is 0 Å². The Morgan fingerprint density at radius 1 is 1.37 bits per heavy atom. The van der Waals surface area contributed by atoms with Gasteiger partial charge in [0.05, 0.1) is 5.71 Å². The van der Waals surface area contributed by atoms with Gasteiger partial charge in [-0.2, -0.15) is 0 Å². The summed E-state index contributed by atoms with van der Waals surface area (Å²) in [5, 5.41) is 0. The Morgan fingerprint density at radius 2 is 1.89 bits per heavy atom. The van der Waals surface area contributed by atoms with Crippen molar-refractivity contribution in [3.8, 4) is 0 Å². The Hall–Kier alpha value is -0.0700. The fourth-order valence-electron chi connectivity index (χ4n) is 2.16. The molecule has 0 aliphatic carbocycles. The fraction of sp³-hybridized carbons (Fsp3) is 0.538. The first kappa shape index (κ1) is 17.0. The molecule has 0 saturated carbocycles. The molecule has 6 heteroatoms. The quantitative estimate of drug-likeness (QED) is 0.449. The largest absolute Gasteiger partial charge is 0.236 e. The van der Waals surface area contributed by atoms with Crippen molar-refractivity contribution in [3.63, 3.8) is 0 Å². The first-order chi connectivity index (χ1) is 8.95. The van der Waals surface area contributed by atoms with Crippen LogP contribution in [0.15, 0.2) is 20.0 Å². The van der Waals surface area contributed by atoms with Gasteiger partial charge >= 0.3 is 0 Å². The van der Waals surface area contributed by atoms with Crippen LogP contribution in [0.3, 0.4) is 0 Å². The van der Waals surface area contributed by atoms with Gasteiger partial charge in [0.2, 0.25) is 0 Å². The zero-order valence-corrected chi connectivity index (χ0v) is 15.0. The maximum atomic E-state index is 14.8. The maximum Gasteiger partial charge on any atom is 0.162 e. The molecule has 0 amide bonds. The van der Waals surface area contributed by atoms with Crippen molar-refractivity contribution in [3.05, 3.63) is 22.2 Å². The van der Waals surface area contributed by atoms with Crippen LogP contribution in [0, 0.1) is 5.82 Å². The van der Waals surface area contributed by atoms with Crippen LogP contribution in [-0.4, -0.2) is 28.0 Å². The van der Waals surface area contributed by atoms with Gasteiger partial charge in [0.15, 0.2) is 5.82 Å². The summed E-state index contributed by atoms with van der Waals surface area (Å²) in [6.07, 6.45) is 0. The monoisotopic (exact) mass is 366 g/mol. The predicted octanol–water partition coefficient (Wildman–Crippen LogP) is 4.86. The van der Waals surface area contributed by atoms with E-state index < -0.39 is 10.0 Å². The lowest BCUT2D eigenvalue weighted by atomic mass is 10.2. The SMILES string of the molecule is CCS(CC)(CC)c1cc(Br)nc(C(C)=NS)c1F. The topological polar surface area (TPSA) is 25.2 Å². The number of pyridine rings is 1. The van der Waals surface area contributed by atoms with Crippen molar-refractivity contribution >= 4 is 44.5 Å². The maximum absolute atomic E-state index is 14.8.